The molecule has 0 heterocycles. The van der Waals surface area contributed by atoms with Gasteiger partial charge < -0.3 is 0 Å². The summed E-state index contributed by atoms with van der Waals surface area (Å²) >= 11 is 0. The van der Waals surface area contributed by atoms with Crippen LogP contribution in [-0.2, 0) is 6.54 Å². The van der Waals surface area contributed by atoms with Crippen molar-refractivity contribution in [2.45, 2.75) is 46.3 Å². The molecule has 3 heteroatoms. The number of hydrogen-bond acceptors (Lipinski definition) is 1. The summed E-state index contributed by atoms with van der Waals surface area (Å²) in [7, 11) is 0. The molecule has 0 saturated carbocycles. The Labute approximate surface area is 112 Å². The molecular formula is C13H23Cl2N. The van der Waals surface area contributed by atoms with E-state index in [0.29, 0.717) is 12.1 Å². The van der Waals surface area contributed by atoms with E-state index in [2.05, 4.69) is 62.9 Å². The lowest BCUT2D eigenvalue weighted by Gasteiger charge is -2.30. The second-order valence-electron chi connectivity index (χ2n) is 4.35. The van der Waals surface area contributed by atoms with E-state index in [9.17, 15) is 0 Å². The van der Waals surface area contributed by atoms with Crippen molar-refractivity contribution >= 4 is 24.8 Å². The van der Waals surface area contributed by atoms with E-state index >= 15 is 0 Å². The van der Waals surface area contributed by atoms with Crippen molar-refractivity contribution in [2.75, 3.05) is 0 Å². The normalized spacial score (nSPS) is 10.2. The Morgan fingerprint density at radius 3 is 1.69 bits per heavy atom. The Morgan fingerprint density at radius 2 is 1.31 bits per heavy atom. The first-order valence-electron chi connectivity index (χ1n) is 5.41. The maximum Gasteiger partial charge on any atom is 0.0239 e. The fourth-order valence-electron chi connectivity index (χ4n) is 1.76. The highest BCUT2D eigenvalue weighted by molar-refractivity contribution is 5.85. The number of hydrogen-bond donors (Lipinski definition) is 0. The first-order chi connectivity index (χ1) is 6.61. The minimum absolute atomic E-state index is 0. The molecular weight excluding hydrogens is 241 g/mol. The van der Waals surface area contributed by atoms with Crippen LogP contribution in [0.1, 0.15) is 33.3 Å². The van der Waals surface area contributed by atoms with E-state index in [0.717, 1.165) is 6.54 Å². The van der Waals surface area contributed by atoms with Crippen molar-refractivity contribution in [1.29, 1.82) is 0 Å². The molecule has 0 aliphatic carbocycles. The fourth-order valence-corrected chi connectivity index (χ4v) is 1.76. The van der Waals surface area contributed by atoms with Crippen LogP contribution in [0.4, 0.5) is 0 Å². The van der Waals surface area contributed by atoms with E-state index in [1.807, 2.05) is 0 Å². The summed E-state index contributed by atoms with van der Waals surface area (Å²) in [5, 5.41) is 0. The molecule has 0 aromatic heterocycles. The van der Waals surface area contributed by atoms with Crippen LogP contribution in [0, 0.1) is 0 Å². The maximum absolute atomic E-state index is 2.50. The van der Waals surface area contributed by atoms with E-state index in [-0.39, 0.29) is 24.8 Å². The largest absolute Gasteiger partial charge is 0.294 e. The zero-order valence-corrected chi connectivity index (χ0v) is 12.1. The second-order valence-corrected chi connectivity index (χ2v) is 4.35. The van der Waals surface area contributed by atoms with Gasteiger partial charge in [-0.3, -0.25) is 4.90 Å². The third kappa shape index (κ3) is 5.74. The fraction of sp³-hybridized carbons (Fsp3) is 0.538. The topological polar surface area (TPSA) is 3.24 Å². The molecule has 0 amide bonds. The van der Waals surface area contributed by atoms with Crippen molar-refractivity contribution in [1.82, 2.24) is 4.90 Å². The molecule has 16 heavy (non-hydrogen) atoms. The van der Waals surface area contributed by atoms with Gasteiger partial charge in [-0.15, -0.1) is 24.8 Å². The Morgan fingerprint density at radius 1 is 0.875 bits per heavy atom. The van der Waals surface area contributed by atoms with Crippen molar-refractivity contribution < 1.29 is 0 Å². The van der Waals surface area contributed by atoms with Crippen LogP contribution >= 0.6 is 24.8 Å². The lowest BCUT2D eigenvalue weighted by Crippen LogP contribution is -2.36. The van der Waals surface area contributed by atoms with Crippen LogP contribution in [0.5, 0.6) is 0 Å². The molecule has 94 valence electrons. The Kier molecular flexibility index (Phi) is 10.0. The van der Waals surface area contributed by atoms with Gasteiger partial charge in [0.05, 0.1) is 0 Å². The monoisotopic (exact) mass is 263 g/mol. The third-order valence-corrected chi connectivity index (χ3v) is 2.53. The number of benzene rings is 1. The van der Waals surface area contributed by atoms with Crippen LogP contribution in [0.3, 0.4) is 0 Å². The maximum atomic E-state index is 2.50. The number of rotatable bonds is 4. The van der Waals surface area contributed by atoms with Crippen molar-refractivity contribution in [3.63, 3.8) is 0 Å². The molecule has 0 N–H and O–H groups in total. The number of nitrogens with zero attached hydrogens (tertiary/aromatic N) is 1. The molecule has 1 rings (SSSR count). The summed E-state index contributed by atoms with van der Waals surface area (Å²) in [6, 6.07) is 11.9. The Hall–Kier alpha value is -0.240. The first-order valence-corrected chi connectivity index (χ1v) is 5.41. The van der Waals surface area contributed by atoms with Gasteiger partial charge in [-0.2, -0.15) is 0 Å². The van der Waals surface area contributed by atoms with Gasteiger partial charge in [0, 0.05) is 18.6 Å². The molecule has 1 aromatic carbocycles. The molecule has 0 unspecified atom stereocenters. The third-order valence-electron chi connectivity index (χ3n) is 2.53. The smallest absolute Gasteiger partial charge is 0.0239 e. The molecule has 0 aliphatic rings. The summed E-state index contributed by atoms with van der Waals surface area (Å²) in [4.78, 5) is 2.50. The van der Waals surface area contributed by atoms with Gasteiger partial charge in [-0.1, -0.05) is 30.3 Å². The highest BCUT2D eigenvalue weighted by Crippen LogP contribution is 2.11. The van der Waals surface area contributed by atoms with Gasteiger partial charge in [-0.25, -0.2) is 0 Å². The first kappa shape index (κ1) is 18.1. The Balaban J connectivity index is 0. The molecule has 0 spiro atoms. The summed E-state index contributed by atoms with van der Waals surface area (Å²) in [5.41, 5.74) is 1.40. The Bertz CT molecular complexity index is 252. The van der Waals surface area contributed by atoms with E-state index in [4.69, 9.17) is 0 Å². The predicted octanol–water partition coefficient (Wildman–Crippen LogP) is 4.15. The quantitative estimate of drug-likeness (QED) is 0.789. The van der Waals surface area contributed by atoms with Crippen molar-refractivity contribution in [3.8, 4) is 0 Å². The van der Waals surface area contributed by atoms with Crippen molar-refractivity contribution in [3.05, 3.63) is 35.9 Å². The molecule has 0 aliphatic heterocycles. The van der Waals surface area contributed by atoms with Gasteiger partial charge >= 0.3 is 0 Å². The summed E-state index contributed by atoms with van der Waals surface area (Å²) in [5.74, 6) is 0. The van der Waals surface area contributed by atoms with Crippen LogP contribution in [0.2, 0.25) is 0 Å². The van der Waals surface area contributed by atoms with Crippen LogP contribution in [0.15, 0.2) is 30.3 Å². The zero-order chi connectivity index (χ0) is 10.6. The summed E-state index contributed by atoms with van der Waals surface area (Å²) in [6.07, 6.45) is 0. The van der Waals surface area contributed by atoms with E-state index < -0.39 is 0 Å². The lowest BCUT2D eigenvalue weighted by atomic mass is 10.1. The molecule has 0 radical (unpaired) electrons. The van der Waals surface area contributed by atoms with Gasteiger partial charge in [0.25, 0.3) is 0 Å². The predicted molar refractivity (Wildman–Crippen MR) is 76.8 cm³/mol. The highest BCUT2D eigenvalue weighted by atomic mass is 35.5. The summed E-state index contributed by atoms with van der Waals surface area (Å²) in [6.45, 7) is 10.1. The average molecular weight is 264 g/mol. The van der Waals surface area contributed by atoms with E-state index in [1.165, 1.54) is 5.56 Å². The minimum atomic E-state index is 0. The summed E-state index contributed by atoms with van der Waals surface area (Å²) < 4.78 is 0. The highest BCUT2D eigenvalue weighted by Gasteiger charge is 2.12. The zero-order valence-electron chi connectivity index (χ0n) is 10.5. The van der Waals surface area contributed by atoms with E-state index in [1.54, 1.807) is 0 Å². The van der Waals surface area contributed by atoms with Gasteiger partial charge in [0.1, 0.15) is 0 Å². The molecule has 1 nitrogen and oxygen atoms in total. The second kappa shape index (κ2) is 8.86. The van der Waals surface area contributed by atoms with Crippen LogP contribution < -0.4 is 0 Å². The van der Waals surface area contributed by atoms with Gasteiger partial charge in [0.2, 0.25) is 0 Å². The van der Waals surface area contributed by atoms with Crippen LogP contribution in [0.25, 0.3) is 0 Å². The van der Waals surface area contributed by atoms with Crippen LogP contribution in [-0.4, -0.2) is 17.0 Å². The molecule has 0 fully saturated rings. The minimum Gasteiger partial charge on any atom is -0.294 e. The van der Waals surface area contributed by atoms with Crippen molar-refractivity contribution in [2.24, 2.45) is 0 Å². The SMILES string of the molecule is CC(C)N(Cc1ccccc1)C(C)C.Cl.Cl. The molecule has 1 aromatic rings. The molecule has 0 bridgehead atoms. The standard InChI is InChI=1S/C13H21N.2ClH/c1-11(2)14(12(3)4)10-13-8-6-5-7-9-13;;/h5-9,11-12H,10H2,1-4H3;2*1H. The molecule has 0 saturated heterocycles. The average Bonchev–Trinajstić information content (AvgIpc) is 2.15. The number of halogens is 2. The van der Waals surface area contributed by atoms with Gasteiger partial charge in [-0.05, 0) is 33.3 Å². The van der Waals surface area contributed by atoms with Gasteiger partial charge in [0.15, 0.2) is 0 Å². The molecule has 0 atom stereocenters. The lowest BCUT2D eigenvalue weighted by molar-refractivity contribution is 0.166.